The number of benzene rings is 1. The first-order valence-corrected chi connectivity index (χ1v) is 12.5. The second-order valence-corrected chi connectivity index (χ2v) is 9.06. The van der Waals surface area contributed by atoms with Gasteiger partial charge in [-0.25, -0.2) is 9.97 Å². The summed E-state index contributed by atoms with van der Waals surface area (Å²) in [6, 6.07) is 11.3. The van der Waals surface area contributed by atoms with Crippen LogP contribution in [-0.4, -0.2) is 68.8 Å². The second kappa shape index (κ2) is 11.2. The predicted molar refractivity (Wildman–Crippen MR) is 149 cm³/mol. The van der Waals surface area contributed by atoms with Crippen molar-refractivity contribution >= 4 is 23.4 Å². The quantitative estimate of drug-likeness (QED) is 0.341. The van der Waals surface area contributed by atoms with Crippen molar-refractivity contribution in [1.82, 2.24) is 29.6 Å². The summed E-state index contributed by atoms with van der Waals surface area (Å²) in [5.74, 6) is 2.72. The maximum Gasteiger partial charge on any atom is 0.246 e. The van der Waals surface area contributed by atoms with E-state index < -0.39 is 0 Å². The van der Waals surface area contributed by atoms with Crippen LogP contribution in [0.25, 0.3) is 11.1 Å². The molecule has 11 heteroatoms. The van der Waals surface area contributed by atoms with Gasteiger partial charge in [-0.2, -0.15) is 10.1 Å². The monoisotopic (exact) mass is 526 g/mol. The highest BCUT2D eigenvalue weighted by atomic mass is 16.5. The fourth-order valence-electron chi connectivity index (χ4n) is 4.37. The van der Waals surface area contributed by atoms with Crippen LogP contribution in [0.2, 0.25) is 0 Å². The molecule has 11 nitrogen and oxygen atoms in total. The van der Waals surface area contributed by atoms with Crippen molar-refractivity contribution in [1.29, 1.82) is 0 Å². The van der Waals surface area contributed by atoms with Gasteiger partial charge in [0.25, 0.3) is 0 Å². The van der Waals surface area contributed by atoms with Crippen molar-refractivity contribution in [3.05, 3.63) is 73.3 Å². The molecule has 1 fully saturated rings. The SMILES string of the molecule is C=CC(=O)N1CCN(c2nc(Nc3cnn(C)c3)ncc2-c2ccc(Oc3cccc(C)n3)c(OC)c2)CC1. The van der Waals surface area contributed by atoms with Crippen LogP contribution >= 0.6 is 0 Å². The molecule has 4 heterocycles. The van der Waals surface area contributed by atoms with Crippen LogP contribution in [0.1, 0.15) is 5.69 Å². The highest BCUT2D eigenvalue weighted by molar-refractivity contribution is 5.87. The van der Waals surface area contributed by atoms with Gasteiger partial charge in [0, 0.05) is 62.9 Å². The molecule has 0 aliphatic carbocycles. The van der Waals surface area contributed by atoms with Crippen LogP contribution in [0.5, 0.6) is 17.4 Å². The lowest BCUT2D eigenvalue weighted by Gasteiger charge is -2.35. The van der Waals surface area contributed by atoms with E-state index in [1.165, 1.54) is 6.08 Å². The number of aromatic nitrogens is 5. The van der Waals surface area contributed by atoms with Gasteiger partial charge in [0.15, 0.2) is 11.5 Å². The number of methoxy groups -OCH3 is 1. The Morgan fingerprint density at radius 3 is 2.59 bits per heavy atom. The van der Waals surface area contributed by atoms with Crippen molar-refractivity contribution in [2.45, 2.75) is 6.92 Å². The molecule has 1 amide bonds. The molecule has 200 valence electrons. The van der Waals surface area contributed by atoms with Crippen LogP contribution in [-0.2, 0) is 11.8 Å². The number of nitrogens with one attached hydrogen (secondary N) is 1. The first-order valence-electron chi connectivity index (χ1n) is 12.5. The van der Waals surface area contributed by atoms with E-state index >= 15 is 0 Å². The van der Waals surface area contributed by atoms with Gasteiger partial charge in [-0.15, -0.1) is 0 Å². The molecule has 1 saturated heterocycles. The normalized spacial score (nSPS) is 13.2. The largest absolute Gasteiger partial charge is 0.493 e. The standard InChI is InChI=1S/C28H30N8O3/c1-5-26(37)35-11-13-36(14-12-35)27-22(17-29-28(33-27)32-21-16-30-34(3)18-21)20-9-10-23(24(15-20)38-4)39-25-8-6-7-19(2)31-25/h5-10,15-18H,1,11-14H2,2-4H3,(H,29,32,33). The number of piperazine rings is 1. The Hall–Kier alpha value is -4.93. The van der Waals surface area contributed by atoms with Gasteiger partial charge in [-0.05, 0) is 36.8 Å². The van der Waals surface area contributed by atoms with E-state index in [-0.39, 0.29) is 5.91 Å². The number of pyridine rings is 1. The molecular formula is C28H30N8O3. The molecule has 1 aliphatic heterocycles. The van der Waals surface area contributed by atoms with Gasteiger partial charge in [0.05, 0.1) is 19.0 Å². The number of anilines is 3. The molecule has 1 N–H and O–H groups in total. The van der Waals surface area contributed by atoms with Gasteiger partial charge in [-0.3, -0.25) is 9.48 Å². The van der Waals surface area contributed by atoms with Crippen molar-refractivity contribution in [2.24, 2.45) is 7.05 Å². The molecule has 1 aliphatic rings. The molecule has 5 rings (SSSR count). The smallest absolute Gasteiger partial charge is 0.246 e. The number of rotatable bonds is 8. The summed E-state index contributed by atoms with van der Waals surface area (Å²) in [7, 11) is 3.45. The Labute approximate surface area is 226 Å². The molecule has 0 bridgehead atoms. The van der Waals surface area contributed by atoms with E-state index in [4.69, 9.17) is 14.5 Å². The summed E-state index contributed by atoms with van der Waals surface area (Å²) in [5, 5.41) is 7.42. The summed E-state index contributed by atoms with van der Waals surface area (Å²) in [6.45, 7) is 7.89. The number of nitrogens with zero attached hydrogens (tertiary/aromatic N) is 7. The third-order valence-corrected chi connectivity index (χ3v) is 6.35. The minimum absolute atomic E-state index is 0.0695. The molecule has 0 unspecified atom stereocenters. The van der Waals surface area contributed by atoms with Gasteiger partial charge >= 0.3 is 0 Å². The summed E-state index contributed by atoms with van der Waals surface area (Å²) in [6.07, 6.45) is 6.70. The number of aryl methyl sites for hydroxylation is 2. The van der Waals surface area contributed by atoms with E-state index in [2.05, 4.69) is 31.9 Å². The summed E-state index contributed by atoms with van der Waals surface area (Å²) >= 11 is 0. The van der Waals surface area contributed by atoms with Crippen molar-refractivity contribution in [3.63, 3.8) is 0 Å². The molecule has 3 aromatic heterocycles. The van der Waals surface area contributed by atoms with Gasteiger partial charge in [-0.1, -0.05) is 18.7 Å². The first kappa shape index (κ1) is 25.7. The minimum atomic E-state index is -0.0695. The molecular weight excluding hydrogens is 496 g/mol. The maximum atomic E-state index is 12.1. The zero-order valence-corrected chi connectivity index (χ0v) is 22.2. The van der Waals surface area contributed by atoms with Crippen molar-refractivity contribution in [3.8, 4) is 28.5 Å². The average molecular weight is 527 g/mol. The van der Waals surface area contributed by atoms with Crippen LogP contribution in [0.3, 0.4) is 0 Å². The third-order valence-electron chi connectivity index (χ3n) is 6.35. The Kier molecular flexibility index (Phi) is 7.39. The summed E-state index contributed by atoms with van der Waals surface area (Å²) in [5.41, 5.74) is 3.34. The number of carbonyl (C=O) groups is 1. The maximum absolute atomic E-state index is 12.1. The van der Waals surface area contributed by atoms with E-state index in [0.717, 1.165) is 28.3 Å². The second-order valence-electron chi connectivity index (χ2n) is 9.06. The molecule has 0 radical (unpaired) electrons. The van der Waals surface area contributed by atoms with E-state index in [1.54, 1.807) is 35.2 Å². The van der Waals surface area contributed by atoms with E-state index in [9.17, 15) is 4.79 Å². The van der Waals surface area contributed by atoms with Gasteiger partial charge in [0.2, 0.25) is 17.7 Å². The van der Waals surface area contributed by atoms with Gasteiger partial charge < -0.3 is 24.6 Å². The molecule has 0 atom stereocenters. The zero-order valence-electron chi connectivity index (χ0n) is 22.2. The molecule has 4 aromatic rings. The Bertz CT molecular complexity index is 1490. The van der Waals surface area contributed by atoms with Crippen LogP contribution in [0.15, 0.2) is 67.6 Å². The van der Waals surface area contributed by atoms with E-state index in [1.807, 2.05) is 50.5 Å². The first-order chi connectivity index (χ1) is 18.9. The lowest BCUT2D eigenvalue weighted by molar-refractivity contribution is -0.126. The Morgan fingerprint density at radius 2 is 1.90 bits per heavy atom. The third kappa shape index (κ3) is 5.82. The highest BCUT2D eigenvalue weighted by Gasteiger charge is 2.24. The average Bonchev–Trinajstić information content (AvgIpc) is 3.37. The Morgan fingerprint density at radius 1 is 1.08 bits per heavy atom. The van der Waals surface area contributed by atoms with Crippen LogP contribution < -0.4 is 19.7 Å². The molecule has 1 aromatic carbocycles. The fourth-order valence-corrected chi connectivity index (χ4v) is 4.37. The summed E-state index contributed by atoms with van der Waals surface area (Å²) < 4.78 is 13.4. The fraction of sp³-hybridized carbons (Fsp3) is 0.250. The number of amides is 1. The number of carbonyl (C=O) groups excluding carboxylic acids is 1. The number of hydrogen-bond donors (Lipinski definition) is 1. The Balaban J connectivity index is 1.48. The predicted octanol–water partition coefficient (Wildman–Crippen LogP) is 3.96. The molecule has 0 saturated carbocycles. The minimum Gasteiger partial charge on any atom is -0.493 e. The number of hydrogen-bond acceptors (Lipinski definition) is 9. The van der Waals surface area contributed by atoms with Crippen LogP contribution in [0.4, 0.5) is 17.5 Å². The number of ether oxygens (including phenoxy) is 2. The van der Waals surface area contributed by atoms with E-state index in [0.29, 0.717) is 49.5 Å². The molecule has 0 spiro atoms. The van der Waals surface area contributed by atoms with Crippen molar-refractivity contribution in [2.75, 3.05) is 43.5 Å². The summed E-state index contributed by atoms with van der Waals surface area (Å²) in [4.78, 5) is 30.0. The lowest BCUT2D eigenvalue weighted by atomic mass is 10.1. The van der Waals surface area contributed by atoms with Crippen LogP contribution in [0, 0.1) is 6.92 Å². The van der Waals surface area contributed by atoms with Gasteiger partial charge in [0.1, 0.15) is 5.82 Å². The van der Waals surface area contributed by atoms with Crippen molar-refractivity contribution < 1.29 is 14.3 Å². The molecule has 39 heavy (non-hydrogen) atoms. The zero-order chi connectivity index (χ0) is 27.4. The lowest BCUT2D eigenvalue weighted by Crippen LogP contribution is -2.48. The topological polar surface area (TPSA) is 111 Å². The highest BCUT2D eigenvalue weighted by Crippen LogP contribution is 2.38.